The number of aromatic nitrogens is 2. The zero-order valence-corrected chi connectivity index (χ0v) is 13.9. The molecule has 1 aliphatic heterocycles. The number of carbonyl (C=O) groups is 1. The first-order chi connectivity index (χ1) is 11.5. The Balaban J connectivity index is 1.76. The molecule has 1 amide bonds. The summed E-state index contributed by atoms with van der Waals surface area (Å²) in [5.41, 5.74) is 2.76. The smallest absolute Gasteiger partial charge is 0.240 e. The van der Waals surface area contributed by atoms with Gasteiger partial charge in [-0.15, -0.1) is 0 Å². The average molecular weight is 322 g/mol. The van der Waals surface area contributed by atoms with Crippen molar-refractivity contribution in [3.05, 3.63) is 53.7 Å². The zero-order chi connectivity index (χ0) is 16.8. The first kappa shape index (κ1) is 14.7. The van der Waals surface area contributed by atoms with Gasteiger partial charge in [-0.1, -0.05) is 12.1 Å². The van der Waals surface area contributed by atoms with E-state index in [1.807, 2.05) is 54.9 Å². The van der Waals surface area contributed by atoms with Gasteiger partial charge < -0.3 is 8.98 Å². The van der Waals surface area contributed by atoms with Gasteiger partial charge in [0.2, 0.25) is 5.91 Å². The Labute approximate surface area is 139 Å². The van der Waals surface area contributed by atoms with Gasteiger partial charge in [0.25, 0.3) is 0 Å². The molecule has 0 saturated carbocycles. The molecule has 122 valence electrons. The fourth-order valence-electron chi connectivity index (χ4n) is 3.19. The first-order valence-electron chi connectivity index (χ1n) is 7.90. The minimum Gasteiger partial charge on any atom is -0.464 e. The summed E-state index contributed by atoms with van der Waals surface area (Å²) in [6.07, 6.45) is 0.587. The summed E-state index contributed by atoms with van der Waals surface area (Å²) in [5, 5.41) is 6.03. The Hall–Kier alpha value is -2.89. The van der Waals surface area contributed by atoms with E-state index in [9.17, 15) is 4.79 Å². The maximum atomic E-state index is 12.0. The second kappa shape index (κ2) is 5.33. The van der Waals surface area contributed by atoms with Crippen LogP contribution in [-0.2, 0) is 11.8 Å². The SMILES string of the molecule is CC(=O)N1N=C(c2nc3ccccc3n2C)C[C@@H]1c1ccc(C)o1. The molecule has 1 atom stereocenters. The molecule has 0 fully saturated rings. The molecule has 0 aliphatic carbocycles. The number of amides is 1. The van der Waals surface area contributed by atoms with Crippen LogP contribution in [0, 0.1) is 6.92 Å². The Kier molecular flexibility index (Phi) is 3.26. The van der Waals surface area contributed by atoms with E-state index < -0.39 is 0 Å². The van der Waals surface area contributed by atoms with Gasteiger partial charge in [0, 0.05) is 20.4 Å². The lowest BCUT2D eigenvalue weighted by Crippen LogP contribution is -2.23. The number of nitrogens with zero attached hydrogens (tertiary/aromatic N) is 4. The van der Waals surface area contributed by atoms with Gasteiger partial charge in [0.15, 0.2) is 5.82 Å². The van der Waals surface area contributed by atoms with Crippen molar-refractivity contribution in [1.82, 2.24) is 14.6 Å². The van der Waals surface area contributed by atoms with Gasteiger partial charge in [-0.25, -0.2) is 9.99 Å². The highest BCUT2D eigenvalue weighted by Crippen LogP contribution is 2.33. The molecule has 0 bridgehead atoms. The van der Waals surface area contributed by atoms with Crippen molar-refractivity contribution < 1.29 is 9.21 Å². The third-order valence-corrected chi connectivity index (χ3v) is 4.37. The topological polar surface area (TPSA) is 63.6 Å². The maximum Gasteiger partial charge on any atom is 0.240 e. The van der Waals surface area contributed by atoms with Crippen molar-refractivity contribution in [1.29, 1.82) is 0 Å². The van der Waals surface area contributed by atoms with E-state index in [1.54, 1.807) is 0 Å². The lowest BCUT2D eigenvalue weighted by Gasteiger charge is -2.17. The van der Waals surface area contributed by atoms with Gasteiger partial charge in [0.1, 0.15) is 23.3 Å². The molecule has 0 spiro atoms. The minimum atomic E-state index is -0.217. The summed E-state index contributed by atoms with van der Waals surface area (Å²) in [6.45, 7) is 3.41. The molecule has 6 heteroatoms. The van der Waals surface area contributed by atoms with Gasteiger partial charge in [-0.2, -0.15) is 5.10 Å². The zero-order valence-electron chi connectivity index (χ0n) is 13.9. The van der Waals surface area contributed by atoms with Crippen molar-refractivity contribution >= 4 is 22.7 Å². The molecule has 1 aliphatic rings. The van der Waals surface area contributed by atoms with E-state index in [4.69, 9.17) is 4.42 Å². The lowest BCUT2D eigenvalue weighted by atomic mass is 10.1. The van der Waals surface area contributed by atoms with Crippen LogP contribution in [-0.4, -0.2) is 26.2 Å². The van der Waals surface area contributed by atoms with Crippen LogP contribution in [0.4, 0.5) is 0 Å². The van der Waals surface area contributed by atoms with E-state index in [1.165, 1.54) is 11.9 Å². The summed E-state index contributed by atoms with van der Waals surface area (Å²) in [6, 6.07) is 11.5. The number of aryl methyl sites for hydroxylation is 2. The third-order valence-electron chi connectivity index (χ3n) is 4.37. The second-order valence-corrected chi connectivity index (χ2v) is 6.06. The molecule has 24 heavy (non-hydrogen) atoms. The van der Waals surface area contributed by atoms with Crippen molar-refractivity contribution in [2.45, 2.75) is 26.3 Å². The summed E-state index contributed by atoms with van der Waals surface area (Å²) in [5.74, 6) is 2.25. The summed E-state index contributed by atoms with van der Waals surface area (Å²) in [4.78, 5) is 16.7. The first-order valence-corrected chi connectivity index (χ1v) is 7.90. The number of carbonyl (C=O) groups excluding carboxylic acids is 1. The molecular formula is C18H18N4O2. The van der Waals surface area contributed by atoms with E-state index in [0.717, 1.165) is 34.1 Å². The summed E-state index contributed by atoms with van der Waals surface area (Å²) < 4.78 is 7.74. The van der Waals surface area contributed by atoms with Crippen molar-refractivity contribution in [3.63, 3.8) is 0 Å². The van der Waals surface area contributed by atoms with Gasteiger partial charge in [0.05, 0.1) is 11.0 Å². The van der Waals surface area contributed by atoms with Crippen LogP contribution in [0.5, 0.6) is 0 Å². The summed E-state index contributed by atoms with van der Waals surface area (Å²) in [7, 11) is 1.97. The average Bonchev–Trinajstić information content (AvgIpc) is 3.25. The van der Waals surface area contributed by atoms with E-state index in [0.29, 0.717) is 6.42 Å². The fourth-order valence-corrected chi connectivity index (χ4v) is 3.19. The molecule has 0 radical (unpaired) electrons. The Morgan fingerprint density at radius 3 is 2.71 bits per heavy atom. The Morgan fingerprint density at radius 1 is 1.25 bits per heavy atom. The fraction of sp³-hybridized carbons (Fsp3) is 0.278. The van der Waals surface area contributed by atoms with Crippen LogP contribution in [0.25, 0.3) is 11.0 Å². The Bertz CT molecular complexity index is 966. The van der Waals surface area contributed by atoms with E-state index in [2.05, 4.69) is 10.1 Å². The van der Waals surface area contributed by atoms with E-state index >= 15 is 0 Å². The number of rotatable bonds is 2. The molecule has 3 aromatic rings. The number of benzene rings is 1. The van der Waals surface area contributed by atoms with Gasteiger partial charge >= 0.3 is 0 Å². The largest absolute Gasteiger partial charge is 0.464 e. The number of fused-ring (bicyclic) bond motifs is 1. The second-order valence-electron chi connectivity index (χ2n) is 6.06. The van der Waals surface area contributed by atoms with Crippen molar-refractivity contribution in [2.24, 2.45) is 12.1 Å². The standard InChI is InChI=1S/C18H18N4O2/c1-11-8-9-17(24-11)16-10-14(20-22(16)12(2)23)18-19-13-6-4-5-7-15(13)21(18)3/h4-9,16H,10H2,1-3H3/t16-/m1/s1. The van der Waals surface area contributed by atoms with E-state index in [-0.39, 0.29) is 11.9 Å². The van der Waals surface area contributed by atoms with Gasteiger partial charge in [-0.05, 0) is 31.2 Å². The maximum absolute atomic E-state index is 12.0. The Morgan fingerprint density at radius 2 is 2.04 bits per heavy atom. The van der Waals surface area contributed by atoms with Crippen molar-refractivity contribution in [3.8, 4) is 0 Å². The highest BCUT2D eigenvalue weighted by Gasteiger charge is 2.35. The molecule has 2 aromatic heterocycles. The molecule has 3 heterocycles. The van der Waals surface area contributed by atoms with Gasteiger partial charge in [-0.3, -0.25) is 4.79 Å². The number of hydrazone groups is 1. The molecule has 0 saturated heterocycles. The normalized spacial score (nSPS) is 17.5. The lowest BCUT2D eigenvalue weighted by molar-refractivity contribution is -0.130. The number of hydrogen-bond donors (Lipinski definition) is 0. The number of para-hydroxylation sites is 2. The van der Waals surface area contributed by atoms with Crippen LogP contribution in [0.3, 0.4) is 0 Å². The predicted molar refractivity (Wildman–Crippen MR) is 90.6 cm³/mol. The molecule has 0 unspecified atom stereocenters. The van der Waals surface area contributed by atoms with Crippen LogP contribution in [0.2, 0.25) is 0 Å². The van der Waals surface area contributed by atoms with Crippen LogP contribution < -0.4 is 0 Å². The molecule has 1 aromatic carbocycles. The third kappa shape index (κ3) is 2.22. The minimum absolute atomic E-state index is 0.109. The molecule has 4 rings (SSSR count). The number of furan rings is 1. The number of imidazole rings is 1. The number of hydrogen-bond acceptors (Lipinski definition) is 4. The molecule has 6 nitrogen and oxygen atoms in total. The summed E-state index contributed by atoms with van der Waals surface area (Å²) >= 11 is 0. The van der Waals surface area contributed by atoms with Crippen LogP contribution in [0.15, 0.2) is 45.9 Å². The monoisotopic (exact) mass is 322 g/mol. The molecule has 0 N–H and O–H groups in total. The van der Waals surface area contributed by atoms with Crippen LogP contribution in [0.1, 0.15) is 36.7 Å². The highest BCUT2D eigenvalue weighted by atomic mass is 16.3. The molecular weight excluding hydrogens is 304 g/mol. The predicted octanol–water partition coefficient (Wildman–Crippen LogP) is 3.17. The van der Waals surface area contributed by atoms with Crippen molar-refractivity contribution in [2.75, 3.05) is 0 Å². The quantitative estimate of drug-likeness (QED) is 0.728. The van der Waals surface area contributed by atoms with Crippen LogP contribution >= 0.6 is 0 Å². The highest BCUT2D eigenvalue weighted by molar-refractivity contribution is 6.02.